The lowest BCUT2D eigenvalue weighted by Crippen LogP contribution is -1.99. The molecule has 0 fully saturated rings. The molecular formula is C12H13N5O2S. The first-order chi connectivity index (χ1) is 9.78. The molecule has 0 unspecified atom stereocenters. The smallest absolute Gasteiger partial charge is 0.156 e. The molecule has 7 nitrogen and oxygen atoms in total. The van der Waals surface area contributed by atoms with Gasteiger partial charge in [0.15, 0.2) is 5.76 Å². The van der Waals surface area contributed by atoms with Gasteiger partial charge in [-0.15, -0.1) is 15.3 Å². The van der Waals surface area contributed by atoms with Crippen LogP contribution in [0.3, 0.4) is 0 Å². The molecule has 0 amide bonds. The maximum absolute atomic E-state index is 8.97. The molecule has 0 aliphatic rings. The zero-order valence-electron chi connectivity index (χ0n) is 10.9. The molecule has 8 heteroatoms. The number of hydrogen-bond acceptors (Lipinski definition) is 7. The highest BCUT2D eigenvalue weighted by Crippen LogP contribution is 2.20. The molecule has 20 heavy (non-hydrogen) atoms. The fraction of sp³-hybridized carbons (Fsp3) is 0.333. The summed E-state index contributed by atoms with van der Waals surface area (Å²) in [6, 6.07) is 3.48. The summed E-state index contributed by atoms with van der Waals surface area (Å²) >= 11 is 1.57. The highest BCUT2D eigenvalue weighted by atomic mass is 32.1. The van der Waals surface area contributed by atoms with Crippen molar-refractivity contribution in [1.29, 1.82) is 0 Å². The van der Waals surface area contributed by atoms with Crippen molar-refractivity contribution in [3.8, 4) is 11.5 Å². The van der Waals surface area contributed by atoms with Crippen LogP contribution in [0.15, 0.2) is 22.7 Å². The van der Waals surface area contributed by atoms with E-state index >= 15 is 0 Å². The summed E-state index contributed by atoms with van der Waals surface area (Å²) in [6.07, 6.45) is 2.67. The van der Waals surface area contributed by atoms with Gasteiger partial charge in [-0.25, -0.2) is 4.68 Å². The summed E-state index contributed by atoms with van der Waals surface area (Å²) in [5.74, 6) is 1.10. The lowest BCUT2D eigenvalue weighted by atomic mass is 10.3. The second kappa shape index (κ2) is 5.51. The van der Waals surface area contributed by atoms with Gasteiger partial charge >= 0.3 is 0 Å². The molecule has 1 N–H and O–H groups in total. The Hall–Kier alpha value is -2.06. The van der Waals surface area contributed by atoms with E-state index in [0.29, 0.717) is 23.8 Å². The maximum atomic E-state index is 8.97. The standard InChI is InChI=1S/C12H13N5O2S/c1-2-11-14-15-12(20-11)6-17-5-9(13-16-17)10-4-3-8(7-18)19-10/h3-5,18H,2,6-7H2,1H3. The SMILES string of the molecule is CCc1nnc(Cn2cc(-c3ccc(CO)o3)nn2)s1. The topological polar surface area (TPSA) is 89.9 Å². The monoisotopic (exact) mass is 291 g/mol. The molecule has 3 aromatic rings. The van der Waals surface area contributed by atoms with Crippen LogP contribution in [0.25, 0.3) is 11.5 Å². The van der Waals surface area contributed by atoms with Crippen molar-refractivity contribution in [2.75, 3.05) is 0 Å². The molecule has 3 rings (SSSR count). The Bertz CT molecular complexity index is 702. The van der Waals surface area contributed by atoms with E-state index in [0.717, 1.165) is 16.4 Å². The van der Waals surface area contributed by atoms with Crippen molar-refractivity contribution in [2.45, 2.75) is 26.5 Å². The van der Waals surface area contributed by atoms with Crippen LogP contribution in [0.5, 0.6) is 0 Å². The molecule has 0 aliphatic carbocycles. The molecular weight excluding hydrogens is 278 g/mol. The Labute approximate surface area is 118 Å². The molecule has 3 aromatic heterocycles. The Morgan fingerprint density at radius 2 is 2.10 bits per heavy atom. The van der Waals surface area contributed by atoms with Crippen LogP contribution in [0.2, 0.25) is 0 Å². The predicted molar refractivity (Wildman–Crippen MR) is 72.0 cm³/mol. The van der Waals surface area contributed by atoms with E-state index in [1.807, 2.05) is 6.92 Å². The molecule has 104 valence electrons. The van der Waals surface area contributed by atoms with Gasteiger partial charge < -0.3 is 9.52 Å². The minimum absolute atomic E-state index is 0.126. The largest absolute Gasteiger partial charge is 0.457 e. The van der Waals surface area contributed by atoms with Gasteiger partial charge in [-0.05, 0) is 18.6 Å². The normalized spacial score (nSPS) is 11.1. The van der Waals surface area contributed by atoms with Gasteiger partial charge in [0.25, 0.3) is 0 Å². The number of furan rings is 1. The Morgan fingerprint density at radius 3 is 2.80 bits per heavy atom. The van der Waals surface area contributed by atoms with E-state index in [1.165, 1.54) is 0 Å². The molecule has 0 saturated carbocycles. The number of aromatic nitrogens is 5. The Morgan fingerprint density at radius 1 is 1.25 bits per heavy atom. The lowest BCUT2D eigenvalue weighted by Gasteiger charge is -1.93. The molecule has 0 spiro atoms. The van der Waals surface area contributed by atoms with Crippen LogP contribution >= 0.6 is 11.3 Å². The third-order valence-corrected chi connectivity index (χ3v) is 3.77. The van der Waals surface area contributed by atoms with Crippen molar-refractivity contribution >= 4 is 11.3 Å². The maximum Gasteiger partial charge on any atom is 0.156 e. The van der Waals surface area contributed by atoms with Crippen molar-refractivity contribution in [1.82, 2.24) is 25.2 Å². The van der Waals surface area contributed by atoms with Gasteiger partial charge in [-0.2, -0.15) is 0 Å². The molecule has 0 aliphatic heterocycles. The van der Waals surface area contributed by atoms with Gasteiger partial charge in [-0.3, -0.25) is 0 Å². The second-order valence-electron chi connectivity index (χ2n) is 4.17. The number of aryl methyl sites for hydroxylation is 1. The van der Waals surface area contributed by atoms with Gasteiger partial charge in [-0.1, -0.05) is 23.5 Å². The molecule has 0 saturated heterocycles. The second-order valence-corrected chi connectivity index (χ2v) is 5.32. The summed E-state index contributed by atoms with van der Waals surface area (Å²) < 4.78 is 7.10. The Balaban J connectivity index is 1.76. The van der Waals surface area contributed by atoms with Crippen LogP contribution in [-0.4, -0.2) is 30.3 Å². The minimum Gasteiger partial charge on any atom is -0.457 e. The van der Waals surface area contributed by atoms with Crippen LogP contribution in [0.1, 0.15) is 22.7 Å². The lowest BCUT2D eigenvalue weighted by molar-refractivity contribution is 0.248. The average Bonchev–Trinajstić information content (AvgIpc) is 3.18. The third-order valence-electron chi connectivity index (χ3n) is 2.72. The van der Waals surface area contributed by atoms with Gasteiger partial charge in [0.1, 0.15) is 28.1 Å². The summed E-state index contributed by atoms with van der Waals surface area (Å²) in [5, 5.41) is 27.2. The fourth-order valence-corrected chi connectivity index (χ4v) is 2.50. The third kappa shape index (κ3) is 2.61. The van der Waals surface area contributed by atoms with Crippen LogP contribution in [0.4, 0.5) is 0 Å². The molecule has 0 aromatic carbocycles. The van der Waals surface area contributed by atoms with E-state index < -0.39 is 0 Å². The number of aliphatic hydroxyl groups is 1. The Kier molecular flexibility index (Phi) is 3.57. The molecule has 0 atom stereocenters. The molecule has 0 radical (unpaired) electrons. The van der Waals surface area contributed by atoms with E-state index in [1.54, 1.807) is 34.3 Å². The number of rotatable bonds is 5. The van der Waals surface area contributed by atoms with E-state index in [2.05, 4.69) is 20.5 Å². The first-order valence-corrected chi connectivity index (χ1v) is 7.01. The highest BCUT2D eigenvalue weighted by Gasteiger charge is 2.10. The zero-order chi connectivity index (χ0) is 13.9. The van der Waals surface area contributed by atoms with Crippen molar-refractivity contribution in [3.05, 3.63) is 34.1 Å². The van der Waals surface area contributed by atoms with Crippen LogP contribution in [0, 0.1) is 0 Å². The highest BCUT2D eigenvalue weighted by molar-refractivity contribution is 7.11. The average molecular weight is 291 g/mol. The van der Waals surface area contributed by atoms with Crippen molar-refractivity contribution < 1.29 is 9.52 Å². The first kappa shape index (κ1) is 12.9. The van der Waals surface area contributed by atoms with Crippen LogP contribution < -0.4 is 0 Å². The number of aliphatic hydroxyl groups excluding tert-OH is 1. The van der Waals surface area contributed by atoms with Crippen molar-refractivity contribution in [2.24, 2.45) is 0 Å². The summed E-state index contributed by atoms with van der Waals surface area (Å²) in [6.45, 7) is 2.46. The van der Waals surface area contributed by atoms with Gasteiger partial charge in [0.05, 0.1) is 12.7 Å². The summed E-state index contributed by atoms with van der Waals surface area (Å²) in [7, 11) is 0. The van der Waals surface area contributed by atoms with E-state index in [4.69, 9.17) is 9.52 Å². The van der Waals surface area contributed by atoms with E-state index in [-0.39, 0.29) is 6.61 Å². The zero-order valence-corrected chi connectivity index (χ0v) is 11.7. The molecule has 0 bridgehead atoms. The minimum atomic E-state index is -0.126. The van der Waals surface area contributed by atoms with Gasteiger partial charge in [0, 0.05) is 0 Å². The summed E-state index contributed by atoms with van der Waals surface area (Å²) in [4.78, 5) is 0. The number of nitrogens with zero attached hydrogens (tertiary/aromatic N) is 5. The van der Waals surface area contributed by atoms with E-state index in [9.17, 15) is 0 Å². The number of hydrogen-bond donors (Lipinski definition) is 1. The van der Waals surface area contributed by atoms with Crippen LogP contribution in [-0.2, 0) is 19.6 Å². The quantitative estimate of drug-likeness (QED) is 0.766. The predicted octanol–water partition coefficient (Wildman–Crippen LogP) is 1.49. The summed E-state index contributed by atoms with van der Waals surface area (Å²) in [5.41, 5.74) is 0.630. The van der Waals surface area contributed by atoms with Gasteiger partial charge in [0.2, 0.25) is 0 Å². The first-order valence-electron chi connectivity index (χ1n) is 6.20. The van der Waals surface area contributed by atoms with Crippen molar-refractivity contribution in [3.63, 3.8) is 0 Å². The fourth-order valence-electron chi connectivity index (χ4n) is 1.72. The molecule has 3 heterocycles.